The maximum atomic E-state index is 12.6. The molecule has 0 unspecified atom stereocenters. The van der Waals surface area contributed by atoms with Gasteiger partial charge in [-0.05, 0) is 31.2 Å². The van der Waals surface area contributed by atoms with Crippen LogP contribution in [0.2, 0.25) is 0 Å². The molecule has 2 heterocycles. The zero-order valence-corrected chi connectivity index (χ0v) is 15.0. The number of imidazole rings is 1. The van der Waals surface area contributed by atoms with Crippen LogP contribution in [0.3, 0.4) is 0 Å². The second kappa shape index (κ2) is 6.99. The molecule has 0 bridgehead atoms. The number of nitrogens with zero attached hydrogens (tertiary/aromatic N) is 3. The van der Waals surface area contributed by atoms with Crippen LogP contribution >= 0.6 is 0 Å². The number of H-pyrrole nitrogens is 1. The maximum Gasteiger partial charge on any atom is 0.332 e. The molecule has 2 aromatic carbocycles. The van der Waals surface area contributed by atoms with Crippen molar-refractivity contribution in [1.82, 2.24) is 19.5 Å². The van der Waals surface area contributed by atoms with Crippen LogP contribution in [0, 0.1) is 0 Å². The normalized spacial score (nSPS) is 10.9. The van der Waals surface area contributed by atoms with Crippen LogP contribution in [-0.2, 0) is 0 Å². The maximum absolute atomic E-state index is 12.6. The monoisotopic (exact) mass is 375 g/mol. The van der Waals surface area contributed by atoms with Crippen molar-refractivity contribution in [2.75, 3.05) is 6.61 Å². The van der Waals surface area contributed by atoms with Crippen molar-refractivity contribution in [3.05, 3.63) is 70.8 Å². The topological polar surface area (TPSA) is 116 Å². The Morgan fingerprint density at radius 2 is 1.82 bits per heavy atom. The summed E-state index contributed by atoms with van der Waals surface area (Å²) >= 11 is 0. The summed E-state index contributed by atoms with van der Waals surface area (Å²) in [6.07, 6.45) is 0. The smallest absolute Gasteiger partial charge is 0.332 e. The predicted octanol–water partition coefficient (Wildman–Crippen LogP) is 2.27. The van der Waals surface area contributed by atoms with E-state index in [2.05, 4.69) is 15.0 Å². The molecule has 0 atom stereocenters. The lowest BCUT2D eigenvalue weighted by Crippen LogP contribution is -2.15. The van der Waals surface area contributed by atoms with Gasteiger partial charge in [-0.15, -0.1) is 0 Å². The van der Waals surface area contributed by atoms with Gasteiger partial charge in [0.15, 0.2) is 17.2 Å². The molecule has 8 heteroatoms. The molecule has 4 aromatic rings. The summed E-state index contributed by atoms with van der Waals surface area (Å²) < 4.78 is 6.82. The molecule has 28 heavy (non-hydrogen) atoms. The molecular weight excluding hydrogens is 358 g/mol. The number of aromatic amines is 1. The Morgan fingerprint density at radius 3 is 2.46 bits per heavy atom. The minimum absolute atomic E-state index is 0.0364. The fraction of sp³-hybridized carbons (Fsp3) is 0.100. The van der Waals surface area contributed by atoms with Crippen LogP contribution in [0.5, 0.6) is 5.75 Å². The third kappa shape index (κ3) is 3.01. The van der Waals surface area contributed by atoms with Gasteiger partial charge >= 0.3 is 5.69 Å². The second-order valence-electron chi connectivity index (χ2n) is 6.02. The third-order valence-electron chi connectivity index (χ3n) is 4.21. The Morgan fingerprint density at radius 1 is 1.11 bits per heavy atom. The summed E-state index contributed by atoms with van der Waals surface area (Å²) in [5.74, 6) is 0.252. The number of primary amides is 1. The van der Waals surface area contributed by atoms with Crippen LogP contribution in [0.25, 0.3) is 28.2 Å². The molecule has 0 radical (unpaired) electrons. The number of hydrogen-bond acceptors (Lipinski definition) is 5. The first-order valence-electron chi connectivity index (χ1n) is 8.69. The zero-order chi connectivity index (χ0) is 19.7. The molecule has 8 nitrogen and oxygen atoms in total. The number of benzene rings is 2. The molecule has 0 aliphatic heterocycles. The van der Waals surface area contributed by atoms with Crippen molar-refractivity contribution in [2.24, 2.45) is 5.73 Å². The summed E-state index contributed by atoms with van der Waals surface area (Å²) in [6, 6.07) is 16.2. The van der Waals surface area contributed by atoms with Crippen LogP contribution < -0.4 is 16.2 Å². The minimum atomic E-state index is -0.746. The standard InChI is InChI=1S/C20H17N5O3/c1-2-28-14-10-8-13(9-11-14)25-19-16(23-20(25)27)15(17(21)26)22-18(24-19)12-6-4-3-5-7-12/h3-11H,2H2,1H3,(H2,21,26)(H,23,27). The molecule has 0 fully saturated rings. The first-order valence-corrected chi connectivity index (χ1v) is 8.69. The second-order valence-corrected chi connectivity index (χ2v) is 6.02. The fourth-order valence-corrected chi connectivity index (χ4v) is 2.98. The molecule has 3 N–H and O–H groups in total. The number of aromatic nitrogens is 4. The Bertz CT molecular complexity index is 1210. The van der Waals surface area contributed by atoms with Gasteiger partial charge in [-0.3, -0.25) is 4.79 Å². The van der Waals surface area contributed by atoms with E-state index in [1.54, 1.807) is 24.3 Å². The number of ether oxygens (including phenoxy) is 1. The van der Waals surface area contributed by atoms with Gasteiger partial charge in [-0.2, -0.15) is 0 Å². The van der Waals surface area contributed by atoms with Gasteiger partial charge in [0.1, 0.15) is 11.3 Å². The minimum Gasteiger partial charge on any atom is -0.494 e. The molecule has 2 aromatic heterocycles. The molecular formula is C20H17N5O3. The summed E-state index contributed by atoms with van der Waals surface area (Å²) in [6.45, 7) is 2.44. The highest BCUT2D eigenvalue weighted by molar-refractivity contribution is 6.02. The third-order valence-corrected chi connectivity index (χ3v) is 4.21. The average molecular weight is 375 g/mol. The van der Waals surface area contributed by atoms with Crippen LogP contribution in [0.4, 0.5) is 0 Å². The van der Waals surface area contributed by atoms with Gasteiger partial charge in [0.2, 0.25) is 0 Å². The summed E-state index contributed by atoms with van der Waals surface area (Å²) in [4.78, 5) is 36.0. The van der Waals surface area contributed by atoms with E-state index in [0.717, 1.165) is 0 Å². The molecule has 0 spiro atoms. The molecule has 1 amide bonds. The van der Waals surface area contributed by atoms with E-state index in [1.807, 2.05) is 37.3 Å². The van der Waals surface area contributed by atoms with Gasteiger partial charge in [-0.1, -0.05) is 30.3 Å². The van der Waals surface area contributed by atoms with Crippen molar-refractivity contribution >= 4 is 17.1 Å². The first-order chi connectivity index (χ1) is 13.6. The number of hydrogen-bond donors (Lipinski definition) is 2. The number of fused-ring (bicyclic) bond motifs is 1. The number of nitrogens with one attached hydrogen (secondary N) is 1. The average Bonchev–Trinajstić information content (AvgIpc) is 3.04. The van der Waals surface area contributed by atoms with E-state index in [0.29, 0.717) is 29.4 Å². The molecule has 4 rings (SSSR count). The molecule has 0 aliphatic carbocycles. The highest BCUT2D eigenvalue weighted by Crippen LogP contribution is 2.22. The number of amides is 1. The lowest BCUT2D eigenvalue weighted by molar-refractivity contribution is 0.0997. The van der Waals surface area contributed by atoms with Crippen LogP contribution in [0.1, 0.15) is 17.4 Å². The van der Waals surface area contributed by atoms with Crippen molar-refractivity contribution in [1.29, 1.82) is 0 Å². The summed E-state index contributed by atoms with van der Waals surface area (Å²) in [5, 5.41) is 0. The molecule has 0 aliphatic rings. The lowest BCUT2D eigenvalue weighted by atomic mass is 10.2. The fourth-order valence-electron chi connectivity index (χ4n) is 2.98. The van der Waals surface area contributed by atoms with E-state index in [1.165, 1.54) is 4.57 Å². The lowest BCUT2D eigenvalue weighted by Gasteiger charge is -2.07. The van der Waals surface area contributed by atoms with E-state index >= 15 is 0 Å². The van der Waals surface area contributed by atoms with Gasteiger partial charge < -0.3 is 15.5 Å². The van der Waals surface area contributed by atoms with Crippen molar-refractivity contribution in [2.45, 2.75) is 6.92 Å². The number of carbonyl (C=O) groups excluding carboxylic acids is 1. The summed E-state index contributed by atoms with van der Waals surface area (Å²) in [7, 11) is 0. The van der Waals surface area contributed by atoms with Gasteiger partial charge in [0.05, 0.1) is 12.3 Å². The number of nitrogens with two attached hydrogens (primary N) is 1. The number of carbonyl (C=O) groups is 1. The highest BCUT2D eigenvalue weighted by Gasteiger charge is 2.20. The van der Waals surface area contributed by atoms with Gasteiger partial charge in [0.25, 0.3) is 5.91 Å². The van der Waals surface area contributed by atoms with Gasteiger partial charge in [-0.25, -0.2) is 19.3 Å². The first kappa shape index (κ1) is 17.5. The van der Waals surface area contributed by atoms with E-state index in [9.17, 15) is 9.59 Å². The molecule has 0 saturated heterocycles. The largest absolute Gasteiger partial charge is 0.494 e. The highest BCUT2D eigenvalue weighted by atomic mass is 16.5. The van der Waals surface area contributed by atoms with Crippen molar-refractivity contribution < 1.29 is 9.53 Å². The Hall–Kier alpha value is -3.94. The van der Waals surface area contributed by atoms with Crippen molar-refractivity contribution in [3.63, 3.8) is 0 Å². The number of rotatable bonds is 5. The molecule has 140 valence electrons. The predicted molar refractivity (Wildman–Crippen MR) is 105 cm³/mol. The van der Waals surface area contributed by atoms with Crippen LogP contribution in [0.15, 0.2) is 59.4 Å². The SMILES string of the molecule is CCOc1ccc(-n2c(=O)[nH]c3c(C(N)=O)nc(-c4ccccc4)nc32)cc1. The van der Waals surface area contributed by atoms with E-state index < -0.39 is 11.6 Å². The van der Waals surface area contributed by atoms with E-state index in [-0.39, 0.29) is 16.9 Å². The Kier molecular flexibility index (Phi) is 4.36. The molecule has 0 saturated carbocycles. The quantitative estimate of drug-likeness (QED) is 0.555. The van der Waals surface area contributed by atoms with Gasteiger partial charge in [0, 0.05) is 5.56 Å². The zero-order valence-electron chi connectivity index (χ0n) is 15.0. The Labute approximate surface area is 159 Å². The summed E-state index contributed by atoms with van der Waals surface area (Å²) in [5.41, 5.74) is 6.78. The van der Waals surface area contributed by atoms with E-state index in [4.69, 9.17) is 10.5 Å². The van der Waals surface area contributed by atoms with Crippen molar-refractivity contribution in [3.8, 4) is 22.8 Å². The Balaban J connectivity index is 1.97. The van der Waals surface area contributed by atoms with Crippen LogP contribution in [-0.4, -0.2) is 32.0 Å².